The molecule has 1 aromatic heterocycles. The van der Waals surface area contributed by atoms with Gasteiger partial charge < -0.3 is 20.5 Å². The summed E-state index contributed by atoms with van der Waals surface area (Å²) in [5, 5.41) is 13.3. The smallest absolute Gasteiger partial charge is 0.256 e. The van der Waals surface area contributed by atoms with Crippen LogP contribution in [0.4, 0.5) is 11.5 Å². The van der Waals surface area contributed by atoms with Crippen LogP contribution in [0.3, 0.4) is 0 Å². The Kier molecular flexibility index (Phi) is 7.27. The zero-order chi connectivity index (χ0) is 24.8. The Morgan fingerprint density at radius 3 is 2.57 bits per heavy atom. The summed E-state index contributed by atoms with van der Waals surface area (Å²) in [7, 11) is 1.52. The Morgan fingerprint density at radius 1 is 1.06 bits per heavy atom. The van der Waals surface area contributed by atoms with E-state index in [2.05, 4.69) is 16.4 Å². The fraction of sp³-hybridized carbons (Fsp3) is 0.0741. The van der Waals surface area contributed by atoms with Crippen LogP contribution in [0, 0.1) is 11.3 Å². The highest BCUT2D eigenvalue weighted by Gasteiger charge is 2.20. The molecule has 0 aliphatic rings. The Balaban J connectivity index is 1.92. The van der Waals surface area contributed by atoms with Crippen LogP contribution in [0.5, 0.6) is 5.75 Å². The minimum atomic E-state index is -0.396. The van der Waals surface area contributed by atoms with Gasteiger partial charge in [-0.1, -0.05) is 41.9 Å². The number of pyridine rings is 1. The summed E-state index contributed by atoms with van der Waals surface area (Å²) >= 11 is 6.29. The average molecular weight is 485 g/mol. The maximum Gasteiger partial charge on any atom is 0.256 e. The summed E-state index contributed by atoms with van der Waals surface area (Å²) in [4.78, 5) is 17.6. The number of ether oxygens (including phenoxy) is 2. The van der Waals surface area contributed by atoms with Crippen molar-refractivity contribution in [2.24, 2.45) is 0 Å². The summed E-state index contributed by atoms with van der Waals surface area (Å²) in [5.41, 5.74) is 9.43. The molecule has 174 valence electrons. The molecule has 8 heteroatoms. The van der Waals surface area contributed by atoms with Gasteiger partial charge in [0, 0.05) is 34.5 Å². The van der Waals surface area contributed by atoms with E-state index in [1.54, 1.807) is 66.7 Å². The van der Waals surface area contributed by atoms with Gasteiger partial charge in [0.15, 0.2) is 12.6 Å². The van der Waals surface area contributed by atoms with E-state index in [0.29, 0.717) is 44.4 Å². The quantitative estimate of drug-likeness (QED) is 0.255. The first kappa shape index (κ1) is 23.8. The molecule has 4 aromatic rings. The van der Waals surface area contributed by atoms with Crippen molar-refractivity contribution in [2.45, 2.75) is 0 Å². The molecule has 0 unspecified atom stereocenters. The number of aromatic nitrogens is 1. The van der Waals surface area contributed by atoms with Crippen LogP contribution < -0.4 is 15.8 Å². The molecule has 3 aromatic carbocycles. The van der Waals surface area contributed by atoms with Crippen molar-refractivity contribution in [3.05, 3.63) is 95.0 Å². The third-order valence-electron chi connectivity index (χ3n) is 5.15. The molecule has 1 heterocycles. The number of hydrogen-bond acceptors (Lipinski definition) is 6. The summed E-state index contributed by atoms with van der Waals surface area (Å²) in [6, 6.07) is 24.8. The van der Waals surface area contributed by atoms with E-state index in [1.807, 2.05) is 12.1 Å². The van der Waals surface area contributed by atoms with E-state index < -0.39 is 5.91 Å². The maximum absolute atomic E-state index is 13.0. The van der Waals surface area contributed by atoms with Gasteiger partial charge >= 0.3 is 0 Å². The first-order chi connectivity index (χ1) is 17.0. The maximum atomic E-state index is 13.0. The second-order valence-corrected chi connectivity index (χ2v) is 7.96. The molecule has 3 N–H and O–H groups in total. The molecular formula is C27H21ClN4O3. The number of amides is 1. The minimum absolute atomic E-state index is 0.0184. The van der Waals surface area contributed by atoms with E-state index in [0.717, 1.165) is 0 Å². The van der Waals surface area contributed by atoms with Crippen LogP contribution in [-0.2, 0) is 4.74 Å². The van der Waals surface area contributed by atoms with Gasteiger partial charge in [0.05, 0.1) is 5.69 Å². The number of halogens is 1. The first-order valence-corrected chi connectivity index (χ1v) is 11.0. The van der Waals surface area contributed by atoms with Gasteiger partial charge in [0.25, 0.3) is 5.91 Å². The highest BCUT2D eigenvalue weighted by molar-refractivity contribution is 6.31. The number of rotatable bonds is 7. The number of carbonyl (C=O) groups excluding carboxylic acids is 1. The van der Waals surface area contributed by atoms with Gasteiger partial charge in [0.1, 0.15) is 17.4 Å². The van der Waals surface area contributed by atoms with Crippen LogP contribution in [0.1, 0.15) is 15.9 Å². The van der Waals surface area contributed by atoms with Crippen molar-refractivity contribution in [2.75, 3.05) is 25.0 Å². The highest BCUT2D eigenvalue weighted by atomic mass is 35.5. The van der Waals surface area contributed by atoms with Crippen molar-refractivity contribution < 1.29 is 14.3 Å². The average Bonchev–Trinajstić information content (AvgIpc) is 2.88. The second-order valence-electron chi connectivity index (χ2n) is 7.53. The Labute approximate surface area is 207 Å². The van der Waals surface area contributed by atoms with Crippen molar-refractivity contribution in [1.29, 1.82) is 5.26 Å². The Morgan fingerprint density at radius 2 is 1.86 bits per heavy atom. The van der Waals surface area contributed by atoms with Crippen molar-refractivity contribution in [3.63, 3.8) is 0 Å². The largest absolute Gasteiger partial charge is 0.467 e. The number of hydrogen-bond donors (Lipinski definition) is 2. The van der Waals surface area contributed by atoms with Gasteiger partial charge in [0.2, 0.25) is 0 Å². The van der Waals surface area contributed by atoms with E-state index in [-0.39, 0.29) is 18.2 Å². The first-order valence-electron chi connectivity index (χ1n) is 10.6. The van der Waals surface area contributed by atoms with Crippen molar-refractivity contribution >= 4 is 29.0 Å². The molecule has 0 atom stereocenters. The lowest BCUT2D eigenvalue weighted by molar-refractivity contribution is 0.0515. The summed E-state index contributed by atoms with van der Waals surface area (Å²) in [5.74, 6) is 0.188. The lowest BCUT2D eigenvalue weighted by Crippen LogP contribution is -2.15. The standard InChI is InChI=1S/C27H21ClN4O3/c1-34-16-35-25-11-10-19(28)13-22(25)24-14-21(18-8-5-9-20(30)12-18)23(15-29)26(31-24)32-27(33)17-6-3-2-4-7-17/h2-14H,16,30H2,1H3,(H,31,32,33). The fourth-order valence-electron chi connectivity index (χ4n) is 3.54. The van der Waals surface area contributed by atoms with Crippen molar-refractivity contribution in [3.8, 4) is 34.2 Å². The molecule has 0 radical (unpaired) electrons. The van der Waals surface area contributed by atoms with Crippen LogP contribution in [0.25, 0.3) is 22.4 Å². The molecule has 0 aliphatic heterocycles. The Bertz CT molecular complexity index is 1420. The second kappa shape index (κ2) is 10.7. The number of benzene rings is 3. The Hall–Kier alpha value is -4.38. The summed E-state index contributed by atoms with van der Waals surface area (Å²) < 4.78 is 10.8. The monoisotopic (exact) mass is 484 g/mol. The number of nitrogen functional groups attached to an aromatic ring is 1. The van der Waals surface area contributed by atoms with Gasteiger partial charge in [-0.2, -0.15) is 5.26 Å². The SMILES string of the molecule is COCOc1ccc(Cl)cc1-c1cc(-c2cccc(N)c2)c(C#N)c(NC(=O)c2ccccc2)n1. The van der Waals surface area contributed by atoms with Gasteiger partial charge in [-0.05, 0) is 54.1 Å². The number of nitrogens with one attached hydrogen (secondary N) is 1. The van der Waals surface area contributed by atoms with E-state index in [4.69, 9.17) is 26.8 Å². The molecule has 35 heavy (non-hydrogen) atoms. The zero-order valence-corrected chi connectivity index (χ0v) is 19.5. The normalized spacial score (nSPS) is 10.4. The molecule has 0 saturated heterocycles. The molecule has 0 saturated carbocycles. The lowest BCUT2D eigenvalue weighted by Gasteiger charge is -2.16. The van der Waals surface area contributed by atoms with Gasteiger partial charge in [-0.3, -0.25) is 4.79 Å². The molecular weight excluding hydrogens is 464 g/mol. The summed E-state index contributed by atoms with van der Waals surface area (Å²) in [6.45, 7) is 0.0184. The third kappa shape index (κ3) is 5.41. The molecule has 4 rings (SSSR count). The number of nitrogens with zero attached hydrogens (tertiary/aromatic N) is 2. The molecule has 0 spiro atoms. The number of methoxy groups -OCH3 is 1. The number of carbonyl (C=O) groups is 1. The van der Waals surface area contributed by atoms with E-state index in [1.165, 1.54) is 7.11 Å². The fourth-order valence-corrected chi connectivity index (χ4v) is 3.71. The lowest BCUT2D eigenvalue weighted by atomic mass is 9.97. The van der Waals surface area contributed by atoms with Crippen LogP contribution >= 0.6 is 11.6 Å². The molecule has 0 bridgehead atoms. The third-order valence-corrected chi connectivity index (χ3v) is 5.38. The van der Waals surface area contributed by atoms with Crippen LogP contribution in [-0.4, -0.2) is 24.8 Å². The molecule has 0 fully saturated rings. The number of nitrogens with two attached hydrogens (primary N) is 1. The van der Waals surface area contributed by atoms with Crippen LogP contribution in [0.2, 0.25) is 5.02 Å². The summed E-state index contributed by atoms with van der Waals surface area (Å²) in [6.07, 6.45) is 0. The van der Waals surface area contributed by atoms with Gasteiger partial charge in [-0.15, -0.1) is 0 Å². The van der Waals surface area contributed by atoms with E-state index >= 15 is 0 Å². The molecule has 7 nitrogen and oxygen atoms in total. The predicted octanol–water partition coefficient (Wildman–Crippen LogP) is 5.76. The topological polar surface area (TPSA) is 110 Å². The molecule has 1 amide bonds. The zero-order valence-electron chi connectivity index (χ0n) is 18.8. The van der Waals surface area contributed by atoms with Crippen molar-refractivity contribution in [1.82, 2.24) is 4.98 Å². The minimum Gasteiger partial charge on any atom is -0.467 e. The van der Waals surface area contributed by atoms with Crippen LogP contribution in [0.15, 0.2) is 78.9 Å². The predicted molar refractivity (Wildman–Crippen MR) is 136 cm³/mol. The van der Waals surface area contributed by atoms with E-state index in [9.17, 15) is 10.1 Å². The van der Waals surface area contributed by atoms with Gasteiger partial charge in [-0.25, -0.2) is 4.98 Å². The highest BCUT2D eigenvalue weighted by Crippen LogP contribution is 2.37. The number of anilines is 2. The number of nitriles is 1. The molecule has 0 aliphatic carbocycles.